The van der Waals surface area contributed by atoms with E-state index in [0.717, 1.165) is 10.6 Å². The molecule has 3 nitrogen and oxygen atoms in total. The molecule has 0 N–H and O–H groups in total. The number of hydrogen-bond donors (Lipinski definition) is 0. The average molecular weight is 318 g/mol. The number of thiophene rings is 1. The summed E-state index contributed by atoms with van der Waals surface area (Å²) in [6.07, 6.45) is -4.50. The molecule has 0 aliphatic carbocycles. The summed E-state index contributed by atoms with van der Waals surface area (Å²) in [6.45, 7) is 1.62. The van der Waals surface area contributed by atoms with E-state index in [4.69, 9.17) is 11.6 Å². The van der Waals surface area contributed by atoms with E-state index in [9.17, 15) is 13.2 Å². The van der Waals surface area contributed by atoms with Gasteiger partial charge in [-0.2, -0.15) is 18.3 Å². The van der Waals surface area contributed by atoms with Crippen molar-refractivity contribution in [2.24, 2.45) is 0 Å². The number of aryl methyl sites for hydroxylation is 1. The number of rotatable bonds is 1. The number of alkyl halides is 3. The van der Waals surface area contributed by atoms with Crippen LogP contribution >= 0.6 is 22.9 Å². The molecule has 0 spiro atoms. The van der Waals surface area contributed by atoms with Crippen LogP contribution in [-0.4, -0.2) is 14.6 Å². The van der Waals surface area contributed by atoms with Crippen molar-refractivity contribution < 1.29 is 13.2 Å². The van der Waals surface area contributed by atoms with Crippen LogP contribution in [0.25, 0.3) is 16.2 Å². The Morgan fingerprint density at radius 1 is 1.25 bits per heavy atom. The van der Waals surface area contributed by atoms with E-state index >= 15 is 0 Å². The van der Waals surface area contributed by atoms with Crippen molar-refractivity contribution in [1.29, 1.82) is 0 Å². The summed E-state index contributed by atoms with van der Waals surface area (Å²) < 4.78 is 40.7. The van der Waals surface area contributed by atoms with Gasteiger partial charge < -0.3 is 0 Å². The molecular weight excluding hydrogens is 311 g/mol. The van der Waals surface area contributed by atoms with Gasteiger partial charge in [-0.25, -0.2) is 9.50 Å². The maximum Gasteiger partial charge on any atom is 0.433 e. The van der Waals surface area contributed by atoms with E-state index in [1.807, 2.05) is 0 Å². The number of aromatic nitrogens is 3. The zero-order chi connectivity index (χ0) is 14.5. The lowest BCUT2D eigenvalue weighted by Crippen LogP contribution is -2.13. The van der Waals surface area contributed by atoms with Crippen molar-refractivity contribution in [3.05, 3.63) is 40.0 Å². The molecule has 104 valence electrons. The lowest BCUT2D eigenvalue weighted by atomic mass is 10.2. The van der Waals surface area contributed by atoms with E-state index in [0.29, 0.717) is 14.9 Å². The van der Waals surface area contributed by atoms with Gasteiger partial charge in [-0.05, 0) is 25.1 Å². The first-order valence-electron chi connectivity index (χ1n) is 5.55. The Kier molecular flexibility index (Phi) is 2.98. The molecular formula is C12H7ClF3N3S. The minimum atomic E-state index is -4.50. The van der Waals surface area contributed by atoms with Gasteiger partial charge in [-0.1, -0.05) is 11.6 Å². The third-order valence-corrected chi connectivity index (χ3v) is 3.92. The van der Waals surface area contributed by atoms with Gasteiger partial charge in [0.25, 0.3) is 0 Å². The Morgan fingerprint density at radius 3 is 2.60 bits per heavy atom. The Labute approximate surface area is 120 Å². The third kappa shape index (κ3) is 2.27. The first-order valence-corrected chi connectivity index (χ1v) is 6.74. The van der Waals surface area contributed by atoms with Crippen LogP contribution in [0.1, 0.15) is 11.4 Å². The second kappa shape index (κ2) is 4.46. The smallest absolute Gasteiger partial charge is 0.228 e. The second-order valence-corrected chi connectivity index (χ2v) is 5.90. The Hall–Kier alpha value is -1.60. The largest absolute Gasteiger partial charge is 0.433 e. The van der Waals surface area contributed by atoms with Crippen LogP contribution in [0.15, 0.2) is 24.3 Å². The summed E-state index contributed by atoms with van der Waals surface area (Å²) in [5, 5.41) is 3.83. The molecule has 0 bridgehead atoms. The van der Waals surface area contributed by atoms with Gasteiger partial charge in [0.15, 0.2) is 11.3 Å². The predicted molar refractivity (Wildman–Crippen MR) is 71.0 cm³/mol. The summed E-state index contributed by atoms with van der Waals surface area (Å²) in [6, 6.07) is 5.77. The fraction of sp³-hybridized carbons (Fsp3) is 0.167. The van der Waals surface area contributed by atoms with Crippen LogP contribution < -0.4 is 0 Å². The normalized spacial score (nSPS) is 12.2. The summed E-state index contributed by atoms with van der Waals surface area (Å²) >= 11 is 6.99. The van der Waals surface area contributed by atoms with E-state index in [1.165, 1.54) is 17.4 Å². The maximum atomic E-state index is 13.1. The first kappa shape index (κ1) is 13.4. The van der Waals surface area contributed by atoms with Crippen molar-refractivity contribution in [2.45, 2.75) is 13.1 Å². The highest BCUT2D eigenvalue weighted by Crippen LogP contribution is 2.35. The molecule has 0 amide bonds. The van der Waals surface area contributed by atoms with E-state index in [2.05, 4.69) is 10.1 Å². The molecule has 8 heteroatoms. The molecule has 0 saturated carbocycles. The Balaban J connectivity index is 2.30. The SMILES string of the molecule is Cc1cc2nc(-c3ccc(Cl)s3)cc(C(F)(F)F)n2n1. The minimum Gasteiger partial charge on any atom is -0.228 e. The molecule has 0 aromatic carbocycles. The fourth-order valence-electron chi connectivity index (χ4n) is 1.87. The monoisotopic (exact) mass is 317 g/mol. The molecule has 0 aliphatic rings. The molecule has 0 atom stereocenters. The molecule has 0 unspecified atom stereocenters. The molecule has 0 fully saturated rings. The molecule has 0 saturated heterocycles. The minimum absolute atomic E-state index is 0.164. The van der Waals surface area contributed by atoms with Gasteiger partial charge in [0.1, 0.15) is 0 Å². The van der Waals surface area contributed by atoms with Crippen molar-refractivity contribution in [2.75, 3.05) is 0 Å². The molecule has 20 heavy (non-hydrogen) atoms. The van der Waals surface area contributed by atoms with Gasteiger partial charge in [0.2, 0.25) is 0 Å². The summed E-state index contributed by atoms with van der Waals surface area (Å²) in [5.41, 5.74) is 0.0259. The van der Waals surface area contributed by atoms with Crippen LogP contribution in [0.3, 0.4) is 0 Å². The number of hydrogen-bond acceptors (Lipinski definition) is 3. The fourth-order valence-corrected chi connectivity index (χ4v) is 2.87. The standard InChI is InChI=1S/C12H7ClF3N3S/c1-6-4-11-17-7(8-2-3-10(13)20-8)5-9(12(14,15)16)19(11)18-6/h2-5H,1H3. The zero-order valence-electron chi connectivity index (χ0n) is 10.1. The Morgan fingerprint density at radius 2 is 2.00 bits per heavy atom. The summed E-state index contributed by atoms with van der Waals surface area (Å²) in [5.74, 6) is 0. The topological polar surface area (TPSA) is 30.2 Å². The van der Waals surface area contributed by atoms with Crippen LogP contribution in [0, 0.1) is 6.92 Å². The second-order valence-electron chi connectivity index (χ2n) is 4.18. The van der Waals surface area contributed by atoms with Gasteiger partial charge >= 0.3 is 6.18 Å². The zero-order valence-corrected chi connectivity index (χ0v) is 11.6. The molecule has 0 radical (unpaired) electrons. The molecule has 3 heterocycles. The van der Waals surface area contributed by atoms with E-state index in [1.54, 1.807) is 19.1 Å². The number of nitrogens with zero attached hydrogens (tertiary/aromatic N) is 3. The summed E-state index contributed by atoms with van der Waals surface area (Å²) in [7, 11) is 0. The van der Waals surface area contributed by atoms with E-state index < -0.39 is 11.9 Å². The quantitative estimate of drug-likeness (QED) is 0.664. The van der Waals surface area contributed by atoms with Crippen molar-refractivity contribution >= 4 is 28.6 Å². The van der Waals surface area contributed by atoms with Gasteiger partial charge in [-0.3, -0.25) is 0 Å². The van der Waals surface area contributed by atoms with Crippen LogP contribution in [0.4, 0.5) is 13.2 Å². The molecule has 0 aliphatic heterocycles. The Bertz CT molecular complexity index is 791. The highest BCUT2D eigenvalue weighted by molar-refractivity contribution is 7.19. The molecule has 3 aromatic heterocycles. The lowest BCUT2D eigenvalue weighted by molar-refractivity contribution is -0.142. The third-order valence-electron chi connectivity index (χ3n) is 2.67. The van der Waals surface area contributed by atoms with Gasteiger partial charge in [0.05, 0.1) is 20.6 Å². The average Bonchev–Trinajstić information content (AvgIpc) is 2.91. The van der Waals surface area contributed by atoms with Crippen LogP contribution in [0.2, 0.25) is 4.34 Å². The lowest BCUT2D eigenvalue weighted by Gasteiger charge is -2.10. The van der Waals surface area contributed by atoms with E-state index in [-0.39, 0.29) is 11.3 Å². The van der Waals surface area contributed by atoms with Crippen molar-refractivity contribution in [1.82, 2.24) is 14.6 Å². The highest BCUT2D eigenvalue weighted by atomic mass is 35.5. The van der Waals surface area contributed by atoms with Gasteiger partial charge in [-0.15, -0.1) is 11.3 Å². The van der Waals surface area contributed by atoms with Crippen LogP contribution in [0.5, 0.6) is 0 Å². The molecule has 3 rings (SSSR count). The first-order chi connectivity index (χ1) is 9.34. The predicted octanol–water partition coefficient (Wildman–Crippen LogP) is 4.44. The highest BCUT2D eigenvalue weighted by Gasteiger charge is 2.35. The number of halogens is 4. The van der Waals surface area contributed by atoms with Gasteiger partial charge in [0, 0.05) is 6.07 Å². The molecule has 3 aromatic rings. The number of fused-ring (bicyclic) bond motifs is 1. The van der Waals surface area contributed by atoms with Crippen molar-refractivity contribution in [3.8, 4) is 10.6 Å². The van der Waals surface area contributed by atoms with Crippen molar-refractivity contribution in [3.63, 3.8) is 0 Å². The maximum absolute atomic E-state index is 13.1. The summed E-state index contributed by atoms with van der Waals surface area (Å²) in [4.78, 5) is 4.79. The van der Waals surface area contributed by atoms with Crippen LogP contribution in [-0.2, 0) is 6.18 Å².